The molecule has 7 heteroatoms. The fourth-order valence-electron chi connectivity index (χ4n) is 3.09. The molecule has 146 valence electrons. The first-order valence-electron chi connectivity index (χ1n) is 8.97. The Labute approximate surface area is 162 Å². The van der Waals surface area contributed by atoms with Gasteiger partial charge in [0.15, 0.2) is 5.78 Å². The number of ketones is 1. The van der Waals surface area contributed by atoms with Crippen molar-refractivity contribution >= 4 is 11.7 Å². The molecule has 2 aromatic heterocycles. The average Bonchev–Trinajstić information content (AvgIpc) is 3.24. The molecule has 0 aliphatic rings. The number of hydrogen-bond donors (Lipinski definition) is 1. The molecule has 1 unspecified atom stereocenters. The molecule has 0 saturated heterocycles. The highest BCUT2D eigenvalue weighted by Gasteiger charge is 2.21. The van der Waals surface area contributed by atoms with Gasteiger partial charge in [0, 0.05) is 32.3 Å². The minimum atomic E-state index is -0.501. The monoisotopic (exact) mass is 383 g/mol. The van der Waals surface area contributed by atoms with E-state index < -0.39 is 6.04 Å². The van der Waals surface area contributed by atoms with Crippen LogP contribution >= 0.6 is 0 Å². The van der Waals surface area contributed by atoms with Crippen molar-refractivity contribution < 1.29 is 18.4 Å². The van der Waals surface area contributed by atoms with Gasteiger partial charge in [-0.05, 0) is 37.6 Å². The van der Waals surface area contributed by atoms with Crippen molar-refractivity contribution in [2.24, 2.45) is 7.05 Å². The maximum Gasteiger partial charge on any atom is 0.221 e. The van der Waals surface area contributed by atoms with E-state index in [2.05, 4.69) is 10.3 Å². The van der Waals surface area contributed by atoms with E-state index in [0.29, 0.717) is 29.3 Å². The molecule has 3 aromatic rings. The lowest BCUT2D eigenvalue weighted by atomic mass is 10.1. The van der Waals surface area contributed by atoms with E-state index in [1.807, 2.05) is 11.6 Å². The summed E-state index contributed by atoms with van der Waals surface area (Å²) in [5.74, 6) is 1.18. The lowest BCUT2D eigenvalue weighted by Crippen LogP contribution is -2.31. The quantitative estimate of drug-likeness (QED) is 0.634. The maximum atomic E-state index is 13.3. The van der Waals surface area contributed by atoms with Crippen LogP contribution in [0.5, 0.6) is 0 Å². The number of amides is 1. The summed E-state index contributed by atoms with van der Waals surface area (Å²) >= 11 is 0. The summed E-state index contributed by atoms with van der Waals surface area (Å²) in [6, 6.07) is 7.15. The van der Waals surface area contributed by atoms with Crippen molar-refractivity contribution in [3.8, 4) is 0 Å². The highest BCUT2D eigenvalue weighted by molar-refractivity contribution is 5.95. The summed E-state index contributed by atoms with van der Waals surface area (Å²) in [7, 11) is 1.83. The zero-order valence-corrected chi connectivity index (χ0v) is 16.0. The summed E-state index contributed by atoms with van der Waals surface area (Å²) < 4.78 is 20.7. The molecule has 3 rings (SSSR count). The molecule has 0 saturated carbocycles. The second kappa shape index (κ2) is 8.21. The van der Waals surface area contributed by atoms with Crippen molar-refractivity contribution in [1.82, 2.24) is 14.9 Å². The Hall–Kier alpha value is -3.22. The summed E-state index contributed by atoms with van der Waals surface area (Å²) in [4.78, 5) is 28.4. The van der Waals surface area contributed by atoms with E-state index in [4.69, 9.17) is 4.42 Å². The van der Waals surface area contributed by atoms with Gasteiger partial charge in [-0.15, -0.1) is 0 Å². The number of imidazole rings is 1. The van der Waals surface area contributed by atoms with Crippen LogP contribution in [0, 0.1) is 12.7 Å². The molecule has 0 spiro atoms. The summed E-state index contributed by atoms with van der Waals surface area (Å²) in [6.07, 6.45) is 3.99. The zero-order valence-electron chi connectivity index (χ0n) is 16.0. The number of hydrogen-bond acceptors (Lipinski definition) is 4. The van der Waals surface area contributed by atoms with Gasteiger partial charge in [0.1, 0.15) is 29.2 Å². The summed E-state index contributed by atoms with van der Waals surface area (Å²) in [6.45, 7) is 3.21. The second-order valence-corrected chi connectivity index (χ2v) is 6.69. The first-order valence-corrected chi connectivity index (χ1v) is 8.97. The molecule has 0 aliphatic carbocycles. The van der Waals surface area contributed by atoms with E-state index in [-0.39, 0.29) is 23.9 Å². The van der Waals surface area contributed by atoms with Crippen molar-refractivity contribution in [3.05, 3.63) is 77.0 Å². The molecule has 1 atom stereocenters. The minimum absolute atomic E-state index is 0.0666. The van der Waals surface area contributed by atoms with Gasteiger partial charge in [0.25, 0.3) is 0 Å². The van der Waals surface area contributed by atoms with Crippen LogP contribution in [0.15, 0.2) is 47.1 Å². The minimum Gasteiger partial charge on any atom is -0.466 e. The number of halogens is 1. The highest BCUT2D eigenvalue weighted by Crippen LogP contribution is 2.22. The van der Waals surface area contributed by atoms with Crippen LogP contribution in [-0.4, -0.2) is 21.2 Å². The molecule has 28 heavy (non-hydrogen) atoms. The number of furan rings is 1. The normalized spacial score (nSPS) is 12.0. The van der Waals surface area contributed by atoms with Crippen LogP contribution in [0.1, 0.15) is 52.7 Å². The number of nitrogens with zero attached hydrogens (tertiary/aromatic N) is 2. The van der Waals surface area contributed by atoms with Gasteiger partial charge in [-0.1, -0.05) is 12.1 Å². The molecule has 1 amide bonds. The molecular weight excluding hydrogens is 361 g/mol. The third-order valence-corrected chi connectivity index (χ3v) is 4.57. The largest absolute Gasteiger partial charge is 0.466 e. The van der Waals surface area contributed by atoms with E-state index in [0.717, 1.165) is 5.56 Å². The molecule has 0 aliphatic heterocycles. The van der Waals surface area contributed by atoms with Crippen LogP contribution in [0.3, 0.4) is 0 Å². The second-order valence-electron chi connectivity index (χ2n) is 6.69. The number of carbonyl (C=O) groups excluding carboxylic acids is 2. The number of aryl methyl sites for hydroxylation is 3. The lowest BCUT2D eigenvalue weighted by molar-refractivity contribution is -0.121. The lowest BCUT2D eigenvalue weighted by Gasteiger charge is -2.19. The van der Waals surface area contributed by atoms with E-state index in [9.17, 15) is 14.0 Å². The summed E-state index contributed by atoms with van der Waals surface area (Å²) in [5, 5.41) is 2.96. The zero-order chi connectivity index (χ0) is 20.3. The molecule has 1 aromatic carbocycles. The highest BCUT2D eigenvalue weighted by atomic mass is 19.1. The number of carbonyl (C=O) groups is 2. The predicted octanol–water partition coefficient (Wildman–Crippen LogP) is 3.50. The Morgan fingerprint density at radius 3 is 2.57 bits per heavy atom. The number of rotatable bonds is 7. The standard InChI is InChI=1S/C21H22FN3O3/c1-13(26)18-12-17(28-14(18)2)8-9-19(27)24-20(21-23-10-11-25(21)3)15-4-6-16(22)7-5-15/h4-7,10-12,20H,8-9H2,1-3H3,(H,24,27). The van der Waals surface area contributed by atoms with Crippen molar-refractivity contribution in [2.45, 2.75) is 32.7 Å². The molecule has 0 bridgehead atoms. The number of benzene rings is 1. The van der Waals surface area contributed by atoms with Crippen LogP contribution in [-0.2, 0) is 18.3 Å². The van der Waals surface area contributed by atoms with Crippen LogP contribution in [0.4, 0.5) is 4.39 Å². The van der Waals surface area contributed by atoms with Gasteiger partial charge in [-0.3, -0.25) is 9.59 Å². The van der Waals surface area contributed by atoms with Gasteiger partial charge >= 0.3 is 0 Å². The fraction of sp³-hybridized carbons (Fsp3) is 0.286. The van der Waals surface area contributed by atoms with Crippen molar-refractivity contribution in [1.29, 1.82) is 0 Å². The van der Waals surface area contributed by atoms with E-state index in [1.54, 1.807) is 37.5 Å². The SMILES string of the molecule is CC(=O)c1cc(CCC(=O)NC(c2ccc(F)cc2)c2nccn2C)oc1C. The van der Waals surface area contributed by atoms with Gasteiger partial charge in [0.05, 0.1) is 5.56 Å². The smallest absolute Gasteiger partial charge is 0.221 e. The Morgan fingerprint density at radius 1 is 1.29 bits per heavy atom. The van der Waals surface area contributed by atoms with E-state index >= 15 is 0 Å². The Balaban J connectivity index is 1.73. The average molecular weight is 383 g/mol. The van der Waals surface area contributed by atoms with E-state index in [1.165, 1.54) is 19.1 Å². The van der Waals surface area contributed by atoms with Crippen LogP contribution in [0.2, 0.25) is 0 Å². The van der Waals surface area contributed by atoms with Gasteiger partial charge in [0.2, 0.25) is 5.91 Å². The summed E-state index contributed by atoms with van der Waals surface area (Å²) in [5.41, 5.74) is 1.27. The fourth-order valence-corrected chi connectivity index (χ4v) is 3.09. The topological polar surface area (TPSA) is 77.1 Å². The first-order chi connectivity index (χ1) is 13.3. The Bertz CT molecular complexity index is 989. The maximum absolute atomic E-state index is 13.3. The molecule has 0 fully saturated rings. The molecule has 0 radical (unpaired) electrons. The van der Waals surface area contributed by atoms with Gasteiger partial charge < -0.3 is 14.3 Å². The predicted molar refractivity (Wildman–Crippen MR) is 101 cm³/mol. The van der Waals surface area contributed by atoms with Crippen molar-refractivity contribution in [3.63, 3.8) is 0 Å². The van der Waals surface area contributed by atoms with Crippen LogP contribution < -0.4 is 5.32 Å². The number of aromatic nitrogens is 2. The Kier molecular flexibility index (Phi) is 5.73. The Morgan fingerprint density at radius 2 is 2.00 bits per heavy atom. The van der Waals surface area contributed by atoms with Crippen molar-refractivity contribution in [2.75, 3.05) is 0 Å². The number of nitrogens with one attached hydrogen (secondary N) is 1. The first kappa shape index (κ1) is 19.5. The molecular formula is C21H22FN3O3. The number of Topliss-reactive ketones (excluding diaryl/α,β-unsaturated/α-hetero) is 1. The van der Waals surface area contributed by atoms with Crippen LogP contribution in [0.25, 0.3) is 0 Å². The van der Waals surface area contributed by atoms with Gasteiger partial charge in [-0.2, -0.15) is 0 Å². The third-order valence-electron chi connectivity index (χ3n) is 4.57. The molecule has 1 N–H and O–H groups in total. The third kappa shape index (κ3) is 4.36. The van der Waals surface area contributed by atoms with Gasteiger partial charge in [-0.25, -0.2) is 9.37 Å². The molecule has 6 nitrogen and oxygen atoms in total. The molecule has 2 heterocycles.